The zero-order valence-corrected chi connectivity index (χ0v) is 15.6. The van der Waals surface area contributed by atoms with Crippen LogP contribution in [0.2, 0.25) is 0 Å². The number of aliphatic imine (C=N–C) groups is 1. The Hall–Kier alpha value is -1.78. The number of guanidine groups is 1. The second kappa shape index (κ2) is 7.09. The highest BCUT2D eigenvalue weighted by Gasteiger charge is 2.60. The van der Waals surface area contributed by atoms with Crippen LogP contribution in [0, 0.1) is 11.8 Å². The summed E-state index contributed by atoms with van der Waals surface area (Å²) in [4.78, 5) is 30.2. The molecule has 26 heavy (non-hydrogen) atoms. The van der Waals surface area contributed by atoms with Gasteiger partial charge in [-0.3, -0.25) is 9.79 Å². The van der Waals surface area contributed by atoms with Crippen LogP contribution in [0.1, 0.15) is 20.3 Å². The third-order valence-electron chi connectivity index (χ3n) is 5.28. The van der Waals surface area contributed by atoms with Gasteiger partial charge in [-0.1, -0.05) is 6.92 Å². The Labute approximate surface area is 155 Å². The van der Waals surface area contributed by atoms with E-state index in [1.54, 1.807) is 6.92 Å². The molecule has 0 spiro atoms. The molecule has 0 aromatic rings. The number of amides is 1. The topological polar surface area (TPSA) is 154 Å². The first-order chi connectivity index (χ1) is 12.2. The van der Waals surface area contributed by atoms with E-state index < -0.39 is 18.0 Å². The maximum absolute atomic E-state index is 12.3. The average Bonchev–Trinajstić information content (AvgIpc) is 3.08. The minimum atomic E-state index is -1.10. The molecule has 1 amide bonds. The fraction of sp³-hybridized carbons (Fsp3) is 0.688. The van der Waals surface area contributed by atoms with Gasteiger partial charge in [-0.2, -0.15) is 0 Å². The van der Waals surface area contributed by atoms with E-state index in [-0.39, 0.29) is 40.8 Å². The van der Waals surface area contributed by atoms with Crippen molar-refractivity contribution in [3.63, 3.8) is 0 Å². The van der Waals surface area contributed by atoms with Crippen molar-refractivity contribution in [2.75, 3.05) is 13.1 Å². The molecular formula is C16H25N5O4S. The van der Waals surface area contributed by atoms with Gasteiger partial charge in [0.1, 0.15) is 5.70 Å². The van der Waals surface area contributed by atoms with Gasteiger partial charge in [-0.15, -0.1) is 11.8 Å². The van der Waals surface area contributed by atoms with E-state index in [9.17, 15) is 19.8 Å². The Morgan fingerprint density at radius 2 is 2.19 bits per heavy atom. The number of rotatable bonds is 6. The molecule has 3 aliphatic heterocycles. The van der Waals surface area contributed by atoms with E-state index in [0.717, 1.165) is 13.0 Å². The number of thioether (sulfide) groups is 1. The third kappa shape index (κ3) is 3.17. The molecule has 0 unspecified atom stereocenters. The Bertz CT molecular complexity index is 676. The number of aliphatic hydroxyl groups excluding tert-OH is 1. The van der Waals surface area contributed by atoms with Crippen molar-refractivity contribution in [3.05, 3.63) is 10.6 Å². The monoisotopic (exact) mass is 383 g/mol. The number of hydrogen-bond acceptors (Lipinski definition) is 6. The van der Waals surface area contributed by atoms with E-state index >= 15 is 0 Å². The lowest BCUT2D eigenvalue weighted by atomic mass is 9.79. The van der Waals surface area contributed by atoms with Crippen LogP contribution >= 0.6 is 11.8 Å². The summed E-state index contributed by atoms with van der Waals surface area (Å²) in [5.41, 5.74) is 10.8. The Kier molecular flexibility index (Phi) is 5.18. The Balaban J connectivity index is 1.74. The SMILES string of the molecule is C[C@@H](O)[C@H]1C(=O)N2C(C(=O)O)=C(S[C@@H]3CN[C@H](CN=C(N)N)C3)[C@H](C)[C@H]12. The second-order valence-electron chi connectivity index (χ2n) is 7.12. The molecule has 0 aromatic carbocycles. The van der Waals surface area contributed by atoms with Gasteiger partial charge in [0.05, 0.1) is 24.6 Å². The highest BCUT2D eigenvalue weighted by molar-refractivity contribution is 8.03. The molecule has 3 aliphatic rings. The third-order valence-corrected chi connectivity index (χ3v) is 6.79. The predicted octanol–water partition coefficient (Wildman–Crippen LogP) is -1.12. The van der Waals surface area contributed by atoms with E-state index in [2.05, 4.69) is 10.3 Å². The summed E-state index contributed by atoms with van der Waals surface area (Å²) < 4.78 is 0. The number of fused-ring (bicyclic) bond motifs is 1. The quantitative estimate of drug-likeness (QED) is 0.219. The van der Waals surface area contributed by atoms with E-state index in [4.69, 9.17) is 11.5 Å². The summed E-state index contributed by atoms with van der Waals surface area (Å²) >= 11 is 1.51. The fourth-order valence-electron chi connectivity index (χ4n) is 4.08. The van der Waals surface area contributed by atoms with E-state index in [1.165, 1.54) is 16.7 Å². The van der Waals surface area contributed by atoms with Gasteiger partial charge in [0, 0.05) is 28.7 Å². The van der Waals surface area contributed by atoms with E-state index in [0.29, 0.717) is 11.4 Å². The summed E-state index contributed by atoms with van der Waals surface area (Å²) in [7, 11) is 0. The molecule has 0 saturated carbocycles. The smallest absolute Gasteiger partial charge is 0.353 e. The van der Waals surface area contributed by atoms with Crippen molar-refractivity contribution in [2.24, 2.45) is 28.3 Å². The van der Waals surface area contributed by atoms with Crippen molar-refractivity contribution in [3.8, 4) is 0 Å². The molecule has 0 bridgehead atoms. The van der Waals surface area contributed by atoms with Crippen LogP contribution in [0.5, 0.6) is 0 Å². The molecule has 3 rings (SSSR count). The first-order valence-electron chi connectivity index (χ1n) is 8.66. The summed E-state index contributed by atoms with van der Waals surface area (Å²) in [5.74, 6) is -1.99. The molecule has 144 valence electrons. The summed E-state index contributed by atoms with van der Waals surface area (Å²) in [5, 5.41) is 23.0. The van der Waals surface area contributed by atoms with Crippen LogP contribution in [0.25, 0.3) is 0 Å². The summed E-state index contributed by atoms with van der Waals surface area (Å²) in [6, 6.07) is -0.132. The van der Waals surface area contributed by atoms with Crippen LogP contribution in [0.4, 0.5) is 0 Å². The normalized spacial score (nSPS) is 34.5. The number of nitrogens with two attached hydrogens (primary N) is 2. The molecule has 0 aliphatic carbocycles. The first kappa shape index (κ1) is 19.0. The number of β-lactam (4-membered cyclic amide) rings is 1. The van der Waals surface area contributed by atoms with Gasteiger partial charge >= 0.3 is 5.97 Å². The highest BCUT2D eigenvalue weighted by Crippen LogP contribution is 2.51. The summed E-state index contributed by atoms with van der Waals surface area (Å²) in [6.07, 6.45) is 0.0194. The molecule has 6 atom stereocenters. The number of carboxylic acids is 1. The second-order valence-corrected chi connectivity index (χ2v) is 8.46. The predicted molar refractivity (Wildman–Crippen MR) is 98.1 cm³/mol. The molecule has 9 nitrogen and oxygen atoms in total. The number of nitrogens with zero attached hydrogens (tertiary/aromatic N) is 2. The maximum Gasteiger partial charge on any atom is 0.353 e. The van der Waals surface area contributed by atoms with Crippen molar-refractivity contribution in [1.29, 1.82) is 0 Å². The lowest BCUT2D eigenvalue weighted by molar-refractivity contribution is -0.163. The lowest BCUT2D eigenvalue weighted by Gasteiger charge is -2.46. The number of hydrogen-bond donors (Lipinski definition) is 5. The number of nitrogens with one attached hydrogen (secondary N) is 1. The number of aliphatic hydroxyl groups is 1. The zero-order chi connectivity index (χ0) is 19.2. The molecule has 2 saturated heterocycles. The van der Waals surface area contributed by atoms with Gasteiger partial charge < -0.3 is 31.9 Å². The lowest BCUT2D eigenvalue weighted by Crippen LogP contribution is -2.63. The molecule has 0 aromatic heterocycles. The van der Waals surface area contributed by atoms with Crippen LogP contribution in [0.15, 0.2) is 15.6 Å². The minimum absolute atomic E-state index is 0.0512. The molecule has 3 heterocycles. The minimum Gasteiger partial charge on any atom is -0.477 e. The number of aliphatic carboxylic acids is 1. The molecule has 0 radical (unpaired) electrons. The number of carboxylic acid groups (broad SMARTS) is 1. The Morgan fingerprint density at radius 1 is 1.50 bits per heavy atom. The van der Waals surface area contributed by atoms with Crippen LogP contribution in [-0.4, -0.2) is 69.5 Å². The average molecular weight is 383 g/mol. The molecular weight excluding hydrogens is 358 g/mol. The van der Waals surface area contributed by atoms with Gasteiger partial charge in [0.25, 0.3) is 0 Å². The maximum atomic E-state index is 12.3. The van der Waals surface area contributed by atoms with E-state index in [1.807, 2.05) is 6.92 Å². The first-order valence-corrected chi connectivity index (χ1v) is 9.54. The van der Waals surface area contributed by atoms with Crippen LogP contribution in [-0.2, 0) is 9.59 Å². The number of carbonyl (C=O) groups is 2. The van der Waals surface area contributed by atoms with Crippen molar-refractivity contribution in [1.82, 2.24) is 10.2 Å². The highest BCUT2D eigenvalue weighted by atomic mass is 32.2. The van der Waals surface area contributed by atoms with Gasteiger partial charge in [-0.05, 0) is 13.3 Å². The largest absolute Gasteiger partial charge is 0.477 e. The summed E-state index contributed by atoms with van der Waals surface area (Å²) in [6.45, 7) is 4.71. The van der Waals surface area contributed by atoms with Gasteiger partial charge in [-0.25, -0.2) is 4.79 Å². The van der Waals surface area contributed by atoms with Crippen molar-refractivity contribution in [2.45, 2.75) is 43.7 Å². The van der Waals surface area contributed by atoms with Crippen LogP contribution in [0.3, 0.4) is 0 Å². The molecule has 2 fully saturated rings. The van der Waals surface area contributed by atoms with Crippen LogP contribution < -0.4 is 16.8 Å². The van der Waals surface area contributed by atoms with Crippen molar-refractivity contribution < 1.29 is 19.8 Å². The standard InChI is InChI=1S/C16H25N5O4S/c1-6-11-10(7(2)22)14(23)21(11)12(15(24)25)13(6)26-9-3-8(19-5-9)4-20-16(17)18/h6-11,19,22H,3-5H2,1-2H3,(H,24,25)(H4,17,18,20)/t6-,7-,8+,9+,10-,11-/m1/s1. The Morgan fingerprint density at radius 3 is 2.77 bits per heavy atom. The fourth-order valence-corrected chi connectivity index (χ4v) is 5.60. The number of carbonyl (C=O) groups excluding carboxylic acids is 1. The molecule has 10 heteroatoms. The zero-order valence-electron chi connectivity index (χ0n) is 14.8. The van der Waals surface area contributed by atoms with Gasteiger partial charge in [0.2, 0.25) is 5.91 Å². The van der Waals surface area contributed by atoms with Gasteiger partial charge in [0.15, 0.2) is 5.96 Å². The van der Waals surface area contributed by atoms with Crippen molar-refractivity contribution >= 4 is 29.6 Å². The molecule has 7 N–H and O–H groups in total.